The Bertz CT molecular complexity index is 1290. The van der Waals surface area contributed by atoms with E-state index in [1.165, 1.54) is 31.3 Å². The van der Waals surface area contributed by atoms with Gasteiger partial charge in [-0.3, -0.25) is 4.79 Å². The fourth-order valence-electron chi connectivity index (χ4n) is 3.89. The molecule has 0 fully saturated rings. The first-order valence-corrected chi connectivity index (χ1v) is 12.6. The van der Waals surface area contributed by atoms with Gasteiger partial charge in [-0.2, -0.15) is 23.1 Å². The van der Waals surface area contributed by atoms with Crippen molar-refractivity contribution in [2.75, 3.05) is 7.11 Å². The van der Waals surface area contributed by atoms with Crippen molar-refractivity contribution >= 4 is 17.5 Å². The lowest BCUT2D eigenvalue weighted by molar-refractivity contribution is -0.261. The standard InChI is InChI=1S/C26H29ClF3N5O4/c1-5-7-15(3)39-20-11-9-17(14-31-20)21-33-22(35-24(37)34-21)18-12-16(8-10-19(18)27)13-32-23(36)25(6-2,38-4)26(28,29)30/h8-12,14-15H,5-7,13H2,1-4H3,(H,32,36)(H,33,34,35,37)/t15-,25?/m0/s1. The molecule has 2 N–H and O–H groups in total. The topological polar surface area (TPSA) is 119 Å². The third-order valence-electron chi connectivity index (χ3n) is 6.03. The molecule has 1 amide bonds. The minimum atomic E-state index is -4.91. The van der Waals surface area contributed by atoms with Crippen LogP contribution in [0.4, 0.5) is 13.2 Å². The fourth-order valence-corrected chi connectivity index (χ4v) is 4.09. The molecule has 0 spiro atoms. The van der Waals surface area contributed by atoms with Gasteiger partial charge in [-0.15, -0.1) is 0 Å². The number of rotatable bonds is 11. The molecule has 0 saturated carbocycles. The minimum absolute atomic E-state index is 0.00160. The Morgan fingerprint density at radius 2 is 1.85 bits per heavy atom. The summed E-state index contributed by atoms with van der Waals surface area (Å²) < 4.78 is 51.0. The quantitative estimate of drug-likeness (QED) is 0.312. The zero-order chi connectivity index (χ0) is 28.8. The molecule has 3 aromatic rings. The Hall–Kier alpha value is -3.51. The van der Waals surface area contributed by atoms with Crippen molar-refractivity contribution in [1.29, 1.82) is 0 Å². The van der Waals surface area contributed by atoms with Gasteiger partial charge in [-0.25, -0.2) is 9.97 Å². The van der Waals surface area contributed by atoms with Crippen molar-refractivity contribution in [3.05, 3.63) is 47.1 Å². The third kappa shape index (κ3) is 6.93. The van der Waals surface area contributed by atoms with Crippen molar-refractivity contribution in [1.82, 2.24) is 25.3 Å². The molecule has 1 aromatic carbocycles. The number of carbonyl (C=O) groups is 1. The summed E-state index contributed by atoms with van der Waals surface area (Å²) in [5.74, 6) is -0.753. The number of halogens is 4. The number of methoxy groups -OCH3 is 1. The summed E-state index contributed by atoms with van der Waals surface area (Å²) in [4.78, 5) is 29.0. The molecule has 3 rings (SSSR count). The lowest BCUT2D eigenvalue weighted by Gasteiger charge is -2.31. The van der Waals surface area contributed by atoms with Crippen LogP contribution in [0.3, 0.4) is 0 Å². The smallest absolute Gasteiger partial charge is 0.426 e. The highest BCUT2D eigenvalue weighted by Gasteiger charge is 2.59. The van der Waals surface area contributed by atoms with Gasteiger partial charge in [0.2, 0.25) is 11.5 Å². The summed E-state index contributed by atoms with van der Waals surface area (Å²) >= 11 is 6.35. The van der Waals surface area contributed by atoms with Gasteiger partial charge in [0, 0.05) is 37.0 Å². The van der Waals surface area contributed by atoms with Crippen molar-refractivity contribution in [2.45, 2.75) is 64.5 Å². The van der Waals surface area contributed by atoms with Gasteiger partial charge in [0.1, 0.15) is 0 Å². The largest absolute Gasteiger partial charge is 0.479 e. The van der Waals surface area contributed by atoms with Gasteiger partial charge in [-0.1, -0.05) is 37.9 Å². The molecular formula is C26H29ClF3N5O4. The molecule has 2 atom stereocenters. The van der Waals surface area contributed by atoms with Crippen molar-refractivity contribution in [3.8, 4) is 34.7 Å². The van der Waals surface area contributed by atoms with E-state index in [9.17, 15) is 23.1 Å². The highest BCUT2D eigenvalue weighted by atomic mass is 35.5. The van der Waals surface area contributed by atoms with Gasteiger partial charge in [-0.05, 0) is 43.5 Å². The maximum absolute atomic E-state index is 13.6. The SMILES string of the molecule is CCC[C@H](C)Oc1ccc(-c2nc(O)nc(-c3cc(CNC(=O)C(CC)(OC)C(F)(F)F)ccc3Cl)n2)cn1. The van der Waals surface area contributed by atoms with E-state index < -0.39 is 30.1 Å². The van der Waals surface area contributed by atoms with Gasteiger partial charge in [0.25, 0.3) is 5.91 Å². The van der Waals surface area contributed by atoms with Gasteiger partial charge in [0.05, 0.1) is 11.1 Å². The van der Waals surface area contributed by atoms with Crippen LogP contribution >= 0.6 is 11.6 Å². The number of amides is 1. The molecule has 210 valence electrons. The van der Waals surface area contributed by atoms with Crippen LogP contribution in [0, 0.1) is 0 Å². The predicted octanol–water partition coefficient (Wildman–Crippen LogP) is 5.50. The Labute approximate surface area is 228 Å². The minimum Gasteiger partial charge on any atom is -0.479 e. The van der Waals surface area contributed by atoms with Crippen molar-refractivity contribution in [2.24, 2.45) is 0 Å². The van der Waals surface area contributed by atoms with E-state index in [2.05, 4.69) is 36.9 Å². The van der Waals surface area contributed by atoms with E-state index in [4.69, 9.17) is 16.3 Å². The average Bonchev–Trinajstić information content (AvgIpc) is 2.88. The molecule has 0 aliphatic heterocycles. The highest BCUT2D eigenvalue weighted by molar-refractivity contribution is 6.33. The van der Waals surface area contributed by atoms with Crippen LogP contribution in [-0.2, 0) is 16.1 Å². The van der Waals surface area contributed by atoms with Gasteiger partial charge < -0.3 is 19.9 Å². The Morgan fingerprint density at radius 3 is 2.44 bits per heavy atom. The third-order valence-corrected chi connectivity index (χ3v) is 6.36. The molecule has 39 heavy (non-hydrogen) atoms. The summed E-state index contributed by atoms with van der Waals surface area (Å²) in [6, 6.07) is 7.29. The van der Waals surface area contributed by atoms with E-state index in [0.717, 1.165) is 20.0 Å². The summed E-state index contributed by atoms with van der Waals surface area (Å²) in [6.07, 6.45) is -2.15. The van der Waals surface area contributed by atoms with Crippen LogP contribution in [0.5, 0.6) is 11.9 Å². The molecule has 0 aliphatic carbocycles. The second-order valence-corrected chi connectivity index (χ2v) is 9.17. The average molecular weight is 568 g/mol. The first kappa shape index (κ1) is 30.0. The number of ether oxygens (including phenoxy) is 2. The molecule has 0 saturated heterocycles. The monoisotopic (exact) mass is 567 g/mol. The first-order valence-electron chi connectivity index (χ1n) is 12.2. The second kappa shape index (κ2) is 12.6. The van der Waals surface area contributed by atoms with Crippen LogP contribution in [0.25, 0.3) is 22.8 Å². The number of carbonyl (C=O) groups excluding carboxylic acids is 1. The number of benzene rings is 1. The maximum atomic E-state index is 13.6. The van der Waals surface area contributed by atoms with E-state index in [1.54, 1.807) is 12.1 Å². The number of alkyl halides is 3. The normalized spacial score (nSPS) is 13.9. The summed E-state index contributed by atoms with van der Waals surface area (Å²) in [5, 5.41) is 12.7. The summed E-state index contributed by atoms with van der Waals surface area (Å²) in [6.45, 7) is 4.97. The number of hydrogen-bond acceptors (Lipinski definition) is 8. The molecule has 13 heteroatoms. The van der Waals surface area contributed by atoms with Gasteiger partial charge in [0.15, 0.2) is 11.6 Å². The molecule has 0 radical (unpaired) electrons. The second-order valence-electron chi connectivity index (χ2n) is 8.76. The van der Waals surface area contributed by atoms with E-state index in [-0.39, 0.29) is 34.9 Å². The summed E-state index contributed by atoms with van der Waals surface area (Å²) in [7, 11) is 0.838. The molecule has 1 unspecified atom stereocenters. The number of pyridine rings is 1. The molecule has 2 aromatic heterocycles. The van der Waals surface area contributed by atoms with Crippen molar-refractivity contribution < 1.29 is 32.5 Å². The lowest BCUT2D eigenvalue weighted by Crippen LogP contribution is -2.57. The lowest BCUT2D eigenvalue weighted by atomic mass is 9.98. The summed E-state index contributed by atoms with van der Waals surface area (Å²) in [5.41, 5.74) is -1.81. The first-order chi connectivity index (χ1) is 18.4. The number of aromatic hydroxyl groups is 1. The van der Waals surface area contributed by atoms with Gasteiger partial charge >= 0.3 is 12.2 Å². The number of aromatic nitrogens is 4. The van der Waals surface area contributed by atoms with Crippen LogP contribution < -0.4 is 10.1 Å². The van der Waals surface area contributed by atoms with Crippen LogP contribution in [0.1, 0.15) is 45.6 Å². The Morgan fingerprint density at radius 1 is 1.13 bits per heavy atom. The Balaban J connectivity index is 1.85. The molecule has 0 aliphatic rings. The molecule has 0 bridgehead atoms. The zero-order valence-electron chi connectivity index (χ0n) is 21.8. The van der Waals surface area contributed by atoms with Crippen LogP contribution in [0.2, 0.25) is 5.02 Å². The fraction of sp³-hybridized carbons (Fsp3) is 0.423. The predicted molar refractivity (Wildman–Crippen MR) is 138 cm³/mol. The zero-order valence-corrected chi connectivity index (χ0v) is 22.6. The Kier molecular flexibility index (Phi) is 9.68. The number of nitrogens with zero attached hydrogens (tertiary/aromatic N) is 4. The van der Waals surface area contributed by atoms with E-state index in [0.29, 0.717) is 17.0 Å². The molecule has 2 heterocycles. The molecular weight excluding hydrogens is 539 g/mol. The maximum Gasteiger partial charge on any atom is 0.426 e. The number of nitrogens with one attached hydrogen (secondary N) is 1. The van der Waals surface area contributed by atoms with E-state index in [1.807, 2.05) is 6.92 Å². The van der Waals surface area contributed by atoms with E-state index >= 15 is 0 Å². The highest BCUT2D eigenvalue weighted by Crippen LogP contribution is 2.36. The number of hydrogen-bond donors (Lipinski definition) is 2. The van der Waals surface area contributed by atoms with Crippen LogP contribution in [-0.4, -0.2) is 55.9 Å². The van der Waals surface area contributed by atoms with Crippen LogP contribution in [0.15, 0.2) is 36.5 Å². The molecule has 9 nitrogen and oxygen atoms in total. The van der Waals surface area contributed by atoms with Crippen molar-refractivity contribution in [3.63, 3.8) is 0 Å².